The van der Waals surface area contributed by atoms with E-state index in [-0.39, 0.29) is 17.6 Å². The van der Waals surface area contributed by atoms with Gasteiger partial charge in [0.1, 0.15) is 11.6 Å². The number of rotatable bonds is 8. The molecular formula is C25H25FN2O3. The minimum atomic E-state index is -0.379. The number of benzene rings is 3. The summed E-state index contributed by atoms with van der Waals surface area (Å²) in [5.41, 5.74) is 1.75. The van der Waals surface area contributed by atoms with Crippen LogP contribution in [0.5, 0.6) is 5.75 Å². The molecule has 0 radical (unpaired) electrons. The van der Waals surface area contributed by atoms with Gasteiger partial charge in [0.25, 0.3) is 11.8 Å². The van der Waals surface area contributed by atoms with Gasteiger partial charge in [0, 0.05) is 16.9 Å². The highest BCUT2D eigenvalue weighted by atomic mass is 19.1. The largest absolute Gasteiger partial charge is 0.493 e. The normalized spacial score (nSPS) is 10.6. The van der Waals surface area contributed by atoms with Gasteiger partial charge in [-0.1, -0.05) is 32.0 Å². The fraction of sp³-hybridized carbons (Fsp3) is 0.200. The Morgan fingerprint density at radius 2 is 1.58 bits per heavy atom. The summed E-state index contributed by atoms with van der Waals surface area (Å²) in [6.07, 6.45) is 0.890. The fourth-order valence-electron chi connectivity index (χ4n) is 2.86. The Hall–Kier alpha value is -3.67. The van der Waals surface area contributed by atoms with E-state index in [9.17, 15) is 14.0 Å². The third-order valence-electron chi connectivity index (χ3n) is 4.57. The van der Waals surface area contributed by atoms with E-state index in [1.807, 2.05) is 6.07 Å². The van der Waals surface area contributed by atoms with Crippen LogP contribution in [0, 0.1) is 11.7 Å². The predicted octanol–water partition coefficient (Wildman–Crippen LogP) is 5.76. The second-order valence-electron chi connectivity index (χ2n) is 7.52. The van der Waals surface area contributed by atoms with Crippen molar-refractivity contribution in [2.75, 3.05) is 17.2 Å². The van der Waals surface area contributed by atoms with Crippen LogP contribution < -0.4 is 15.4 Å². The third kappa shape index (κ3) is 6.40. The van der Waals surface area contributed by atoms with E-state index in [4.69, 9.17) is 4.74 Å². The minimum absolute atomic E-state index is 0.323. The summed E-state index contributed by atoms with van der Waals surface area (Å²) in [5.74, 6) is -0.0387. The molecule has 0 saturated heterocycles. The molecule has 0 aliphatic heterocycles. The lowest BCUT2D eigenvalue weighted by Crippen LogP contribution is -2.16. The van der Waals surface area contributed by atoms with Gasteiger partial charge in [0.2, 0.25) is 0 Å². The zero-order valence-electron chi connectivity index (χ0n) is 17.5. The van der Waals surface area contributed by atoms with Gasteiger partial charge >= 0.3 is 0 Å². The molecule has 0 spiro atoms. The first-order chi connectivity index (χ1) is 14.9. The first-order valence-electron chi connectivity index (χ1n) is 10.1. The molecule has 0 bridgehead atoms. The van der Waals surface area contributed by atoms with Gasteiger partial charge in [-0.25, -0.2) is 4.39 Å². The molecule has 0 atom stereocenters. The molecule has 0 fully saturated rings. The average molecular weight is 420 g/mol. The Labute approximate surface area is 181 Å². The third-order valence-corrected chi connectivity index (χ3v) is 4.57. The summed E-state index contributed by atoms with van der Waals surface area (Å²) in [4.78, 5) is 25.3. The van der Waals surface area contributed by atoms with Gasteiger partial charge in [-0.05, 0) is 66.9 Å². The SMILES string of the molecule is CC(C)CCOc1ccccc1C(=O)Nc1cccc(C(=O)Nc2ccc(F)cc2)c1. The van der Waals surface area contributed by atoms with E-state index < -0.39 is 0 Å². The molecule has 0 aliphatic rings. The number of amides is 2. The molecule has 0 heterocycles. The summed E-state index contributed by atoms with van der Waals surface area (Å²) < 4.78 is 18.8. The number of hydrogen-bond donors (Lipinski definition) is 2. The van der Waals surface area contributed by atoms with Crippen molar-refractivity contribution in [2.24, 2.45) is 5.92 Å². The molecule has 3 rings (SSSR count). The molecule has 2 amide bonds. The van der Waals surface area contributed by atoms with Crippen molar-refractivity contribution >= 4 is 23.2 Å². The maximum Gasteiger partial charge on any atom is 0.259 e. The maximum atomic E-state index is 13.0. The lowest BCUT2D eigenvalue weighted by molar-refractivity contribution is 0.101. The summed E-state index contributed by atoms with van der Waals surface area (Å²) in [5, 5.41) is 5.52. The van der Waals surface area contributed by atoms with E-state index in [0.717, 1.165) is 6.42 Å². The van der Waals surface area contributed by atoms with Gasteiger partial charge in [0.15, 0.2) is 0 Å². The second-order valence-corrected chi connectivity index (χ2v) is 7.52. The van der Waals surface area contributed by atoms with Crippen molar-refractivity contribution in [3.8, 4) is 5.75 Å². The quantitative estimate of drug-likeness (QED) is 0.487. The molecule has 3 aromatic rings. The molecule has 6 heteroatoms. The summed E-state index contributed by atoms with van der Waals surface area (Å²) in [6, 6.07) is 19.2. The van der Waals surface area contributed by atoms with Crippen molar-refractivity contribution in [1.29, 1.82) is 0 Å². The number of anilines is 2. The molecule has 31 heavy (non-hydrogen) atoms. The zero-order chi connectivity index (χ0) is 22.2. The molecule has 5 nitrogen and oxygen atoms in total. The van der Waals surface area contributed by atoms with Crippen LogP contribution in [-0.4, -0.2) is 18.4 Å². The number of ether oxygens (including phenoxy) is 1. The summed E-state index contributed by atoms with van der Waals surface area (Å²) >= 11 is 0. The van der Waals surface area contributed by atoms with E-state index in [2.05, 4.69) is 24.5 Å². The summed E-state index contributed by atoms with van der Waals surface area (Å²) in [6.45, 7) is 4.75. The average Bonchev–Trinajstić information content (AvgIpc) is 2.75. The molecule has 0 saturated carbocycles. The van der Waals surface area contributed by atoms with Gasteiger partial charge in [-0.15, -0.1) is 0 Å². The topological polar surface area (TPSA) is 67.4 Å². The highest BCUT2D eigenvalue weighted by molar-refractivity contribution is 6.08. The standard InChI is InChI=1S/C25H25FN2O3/c1-17(2)14-15-31-23-9-4-3-8-22(23)25(30)28-21-7-5-6-18(16-21)24(29)27-20-12-10-19(26)11-13-20/h3-13,16-17H,14-15H2,1-2H3,(H,27,29)(H,28,30). The number of hydrogen-bond acceptors (Lipinski definition) is 3. The van der Waals surface area contributed by atoms with Gasteiger partial charge in [-0.3, -0.25) is 9.59 Å². The number of carbonyl (C=O) groups excluding carboxylic acids is 2. The fourth-order valence-corrected chi connectivity index (χ4v) is 2.86. The van der Waals surface area contributed by atoms with E-state index in [1.165, 1.54) is 24.3 Å². The van der Waals surface area contributed by atoms with Crippen LogP contribution >= 0.6 is 0 Å². The Bertz CT molecular complexity index is 1050. The Morgan fingerprint density at radius 3 is 2.32 bits per heavy atom. The van der Waals surface area contributed by atoms with Crippen LogP contribution in [0.15, 0.2) is 72.8 Å². The summed E-state index contributed by atoms with van der Waals surface area (Å²) in [7, 11) is 0. The molecule has 2 N–H and O–H groups in total. The van der Waals surface area contributed by atoms with Crippen LogP contribution in [0.2, 0.25) is 0 Å². The van der Waals surface area contributed by atoms with Crippen LogP contribution in [0.25, 0.3) is 0 Å². The number of para-hydroxylation sites is 1. The molecular weight excluding hydrogens is 395 g/mol. The van der Waals surface area contributed by atoms with Crippen molar-refractivity contribution in [2.45, 2.75) is 20.3 Å². The van der Waals surface area contributed by atoms with Crippen LogP contribution in [0.3, 0.4) is 0 Å². The highest BCUT2D eigenvalue weighted by Crippen LogP contribution is 2.21. The van der Waals surface area contributed by atoms with Crippen LogP contribution in [-0.2, 0) is 0 Å². The van der Waals surface area contributed by atoms with Crippen molar-refractivity contribution in [3.63, 3.8) is 0 Å². The first kappa shape index (κ1) is 22.0. The molecule has 160 valence electrons. The molecule has 3 aromatic carbocycles. The van der Waals surface area contributed by atoms with Gasteiger partial charge in [-0.2, -0.15) is 0 Å². The van der Waals surface area contributed by atoms with Crippen LogP contribution in [0.1, 0.15) is 41.0 Å². The van der Waals surface area contributed by atoms with Gasteiger partial charge in [0.05, 0.1) is 12.2 Å². The van der Waals surface area contributed by atoms with Crippen molar-refractivity contribution < 1.29 is 18.7 Å². The van der Waals surface area contributed by atoms with E-state index >= 15 is 0 Å². The smallest absolute Gasteiger partial charge is 0.259 e. The monoisotopic (exact) mass is 420 g/mol. The minimum Gasteiger partial charge on any atom is -0.493 e. The lowest BCUT2D eigenvalue weighted by atomic mass is 10.1. The molecule has 0 aromatic heterocycles. The number of nitrogens with one attached hydrogen (secondary N) is 2. The second kappa shape index (κ2) is 10.4. The van der Waals surface area contributed by atoms with E-state index in [1.54, 1.807) is 42.5 Å². The predicted molar refractivity (Wildman–Crippen MR) is 120 cm³/mol. The lowest BCUT2D eigenvalue weighted by Gasteiger charge is -2.13. The Balaban J connectivity index is 1.69. The first-order valence-corrected chi connectivity index (χ1v) is 10.1. The highest BCUT2D eigenvalue weighted by Gasteiger charge is 2.14. The zero-order valence-corrected chi connectivity index (χ0v) is 17.5. The Kier molecular flexibility index (Phi) is 7.38. The van der Waals surface area contributed by atoms with Gasteiger partial charge < -0.3 is 15.4 Å². The molecule has 0 unspecified atom stereocenters. The molecule has 0 aliphatic carbocycles. The Morgan fingerprint density at radius 1 is 0.871 bits per heavy atom. The van der Waals surface area contributed by atoms with Crippen molar-refractivity contribution in [1.82, 2.24) is 0 Å². The van der Waals surface area contributed by atoms with E-state index in [0.29, 0.717) is 40.8 Å². The maximum absolute atomic E-state index is 13.0. The van der Waals surface area contributed by atoms with Crippen LogP contribution in [0.4, 0.5) is 15.8 Å². The number of halogens is 1. The number of carbonyl (C=O) groups is 2. The van der Waals surface area contributed by atoms with Crippen molar-refractivity contribution in [3.05, 3.63) is 89.7 Å².